The largest absolute Gasteiger partial charge is 0.545 e. The first-order chi connectivity index (χ1) is 13.8. The Kier molecular flexibility index (Phi) is 12.0. The van der Waals surface area contributed by atoms with Crippen LogP contribution in [0.1, 0.15) is 11.1 Å². The van der Waals surface area contributed by atoms with Crippen molar-refractivity contribution < 1.29 is 28.8 Å². The van der Waals surface area contributed by atoms with Gasteiger partial charge in [-0.1, -0.05) is 60.7 Å². The van der Waals surface area contributed by atoms with E-state index < -0.39 is 11.9 Å². The van der Waals surface area contributed by atoms with Gasteiger partial charge < -0.3 is 28.8 Å². The molecular weight excluding hydrogens is 380 g/mol. The van der Waals surface area contributed by atoms with Crippen LogP contribution in [0.2, 0.25) is 0 Å². The number of aliphatic carboxylic acids is 2. The topological polar surface area (TPSA) is 80.3 Å². The van der Waals surface area contributed by atoms with Gasteiger partial charge in [-0.3, -0.25) is 0 Å². The Morgan fingerprint density at radius 2 is 0.900 bits per heavy atom. The molecule has 0 aliphatic rings. The zero-order chi connectivity index (χ0) is 23.2. The highest BCUT2D eigenvalue weighted by molar-refractivity contribution is 5.87. The number of hydrogen-bond donors (Lipinski definition) is 0. The summed E-state index contributed by atoms with van der Waals surface area (Å²) in [6.45, 7) is 2.20. The summed E-state index contributed by atoms with van der Waals surface area (Å²) in [6, 6.07) is 21.1. The minimum Gasteiger partial charge on any atom is -0.545 e. The fourth-order valence-electron chi connectivity index (χ4n) is 2.40. The van der Waals surface area contributed by atoms with Crippen LogP contribution in [0.3, 0.4) is 0 Å². The molecule has 0 heterocycles. The highest BCUT2D eigenvalue weighted by atomic mass is 16.4. The molecule has 0 fully saturated rings. The van der Waals surface area contributed by atoms with Crippen LogP contribution in [-0.4, -0.2) is 63.2 Å². The van der Waals surface area contributed by atoms with Crippen LogP contribution in [0.4, 0.5) is 0 Å². The number of carbonyl (C=O) groups is 2. The Balaban J connectivity index is 0.000000428. The lowest BCUT2D eigenvalue weighted by Gasteiger charge is -2.23. The average Bonchev–Trinajstić information content (AvgIpc) is 2.60. The Labute approximate surface area is 180 Å². The van der Waals surface area contributed by atoms with E-state index in [1.807, 2.05) is 0 Å². The molecule has 2 aromatic rings. The monoisotopic (exact) mass is 414 g/mol. The van der Waals surface area contributed by atoms with E-state index in [0.29, 0.717) is 12.2 Å². The van der Waals surface area contributed by atoms with Crippen molar-refractivity contribution in [2.75, 3.05) is 42.3 Å². The van der Waals surface area contributed by atoms with Crippen LogP contribution in [-0.2, 0) is 22.7 Å². The van der Waals surface area contributed by atoms with E-state index in [9.17, 15) is 19.8 Å². The number of hydrogen-bond acceptors (Lipinski definition) is 4. The summed E-state index contributed by atoms with van der Waals surface area (Å²) in [4.78, 5) is 18.8. The minimum absolute atomic E-state index is 0.384. The third-order valence-corrected chi connectivity index (χ3v) is 3.35. The summed E-state index contributed by atoms with van der Waals surface area (Å²) in [7, 11) is 13.2. The smallest absolute Gasteiger partial charge is 0.104 e. The molecule has 2 rings (SSSR count). The summed E-state index contributed by atoms with van der Waals surface area (Å²) in [6.07, 6.45) is 0.769. The quantitative estimate of drug-likeness (QED) is 0.518. The molecule has 2 aromatic carbocycles. The maximum Gasteiger partial charge on any atom is 0.104 e. The van der Waals surface area contributed by atoms with E-state index in [0.717, 1.165) is 22.1 Å². The Bertz CT molecular complexity index is 707. The van der Waals surface area contributed by atoms with Crippen LogP contribution < -0.4 is 10.2 Å². The molecule has 0 saturated heterocycles. The number of benzene rings is 2. The van der Waals surface area contributed by atoms with Gasteiger partial charge in [0, 0.05) is 11.1 Å². The fourth-order valence-corrected chi connectivity index (χ4v) is 2.40. The third-order valence-electron chi connectivity index (χ3n) is 3.35. The summed E-state index contributed by atoms with van der Waals surface area (Å²) in [5.41, 5.74) is 2.81. The average molecular weight is 415 g/mol. The normalized spacial score (nSPS) is 11.0. The molecule has 0 saturated carbocycles. The molecule has 0 aliphatic carbocycles. The van der Waals surface area contributed by atoms with Crippen molar-refractivity contribution in [2.24, 2.45) is 0 Å². The van der Waals surface area contributed by atoms with Gasteiger partial charge in [0.2, 0.25) is 0 Å². The second-order valence-electron chi connectivity index (χ2n) is 8.84. The van der Waals surface area contributed by atoms with Crippen LogP contribution in [0.25, 0.3) is 0 Å². The summed E-state index contributed by atoms with van der Waals surface area (Å²) in [5.74, 6) is -3.09. The van der Waals surface area contributed by atoms with Gasteiger partial charge in [-0.05, 0) is 12.2 Å². The Hall–Kier alpha value is -2.96. The molecule has 0 unspecified atom stereocenters. The molecule has 0 N–H and O–H groups in total. The first-order valence-electron chi connectivity index (χ1n) is 9.57. The van der Waals surface area contributed by atoms with Crippen LogP contribution in [0.15, 0.2) is 72.8 Å². The van der Waals surface area contributed by atoms with Gasteiger partial charge in [-0.15, -0.1) is 0 Å². The maximum atomic E-state index is 9.41. The van der Waals surface area contributed by atoms with Crippen molar-refractivity contribution in [2.45, 2.75) is 13.1 Å². The van der Waals surface area contributed by atoms with Crippen molar-refractivity contribution >= 4 is 11.9 Å². The zero-order valence-electron chi connectivity index (χ0n) is 18.9. The fraction of sp³-hybridized carbons (Fsp3) is 0.333. The first kappa shape index (κ1) is 27.0. The number of carbonyl (C=O) groups excluding carboxylic acids is 2. The van der Waals surface area contributed by atoms with E-state index in [1.54, 1.807) is 0 Å². The van der Waals surface area contributed by atoms with Crippen molar-refractivity contribution in [3.8, 4) is 0 Å². The van der Waals surface area contributed by atoms with Crippen molar-refractivity contribution in [1.29, 1.82) is 0 Å². The number of rotatable bonds is 6. The predicted molar refractivity (Wildman–Crippen MR) is 116 cm³/mol. The highest BCUT2D eigenvalue weighted by Crippen LogP contribution is 2.05. The molecular formula is C24H34N2O4. The lowest BCUT2D eigenvalue weighted by Crippen LogP contribution is -2.33. The standard InChI is InChI=1S/2C10H16N.C4H4O4/c2*1-11(2,3)9-10-7-5-4-6-8-10;5-3(6)1-2-4(7)8/h2*4-8H,9H2,1-3H3;1-2H,(H,5,6)(H,7,8)/q2*+1;/p-2. The van der Waals surface area contributed by atoms with Crippen molar-refractivity contribution in [3.63, 3.8) is 0 Å². The minimum atomic E-state index is -1.55. The van der Waals surface area contributed by atoms with E-state index in [2.05, 4.69) is 103 Å². The van der Waals surface area contributed by atoms with Crippen molar-refractivity contribution in [1.82, 2.24) is 0 Å². The molecule has 0 radical (unpaired) electrons. The molecule has 30 heavy (non-hydrogen) atoms. The Morgan fingerprint density at radius 3 is 1.10 bits per heavy atom. The second kappa shape index (κ2) is 13.3. The lowest BCUT2D eigenvalue weighted by molar-refractivity contribution is -0.884. The lowest BCUT2D eigenvalue weighted by atomic mass is 10.2. The SMILES string of the molecule is C[N+](C)(C)Cc1ccccc1.C[N+](C)(C)Cc1ccccc1.O=C([O-])C=CC(=O)[O-]. The highest BCUT2D eigenvalue weighted by Gasteiger charge is 2.07. The number of nitrogens with zero attached hydrogens (tertiary/aromatic N) is 2. The number of carboxylic acids is 2. The molecule has 0 aromatic heterocycles. The van der Waals surface area contributed by atoms with Gasteiger partial charge in [0.1, 0.15) is 13.1 Å². The number of carboxylic acid groups (broad SMARTS) is 2. The molecule has 0 spiro atoms. The number of quaternary nitrogens is 2. The van der Waals surface area contributed by atoms with Gasteiger partial charge in [-0.2, -0.15) is 0 Å². The third kappa shape index (κ3) is 18.4. The van der Waals surface area contributed by atoms with E-state index in [-0.39, 0.29) is 0 Å². The van der Waals surface area contributed by atoms with E-state index in [1.165, 1.54) is 11.1 Å². The molecule has 0 bridgehead atoms. The van der Waals surface area contributed by atoms with Gasteiger partial charge in [0.15, 0.2) is 0 Å². The Morgan fingerprint density at radius 1 is 0.633 bits per heavy atom. The van der Waals surface area contributed by atoms with Gasteiger partial charge >= 0.3 is 0 Å². The van der Waals surface area contributed by atoms with E-state index >= 15 is 0 Å². The summed E-state index contributed by atoms with van der Waals surface area (Å²) in [5, 5.41) is 18.8. The van der Waals surface area contributed by atoms with Crippen LogP contribution in [0.5, 0.6) is 0 Å². The molecule has 6 heteroatoms. The summed E-state index contributed by atoms with van der Waals surface area (Å²) < 4.78 is 1.98. The molecule has 0 aliphatic heterocycles. The van der Waals surface area contributed by atoms with Crippen LogP contribution in [0, 0.1) is 0 Å². The first-order valence-corrected chi connectivity index (χ1v) is 9.57. The maximum absolute atomic E-state index is 9.41. The second-order valence-corrected chi connectivity index (χ2v) is 8.84. The van der Waals surface area contributed by atoms with Crippen LogP contribution >= 0.6 is 0 Å². The van der Waals surface area contributed by atoms with E-state index in [4.69, 9.17) is 0 Å². The predicted octanol–water partition coefficient (Wildman–Crippen LogP) is 0.828. The molecule has 0 atom stereocenters. The zero-order valence-corrected chi connectivity index (χ0v) is 18.9. The van der Waals surface area contributed by atoms with Crippen molar-refractivity contribution in [3.05, 3.63) is 83.9 Å². The van der Waals surface area contributed by atoms with Gasteiger partial charge in [-0.25, -0.2) is 0 Å². The molecule has 6 nitrogen and oxygen atoms in total. The molecule has 164 valence electrons. The van der Waals surface area contributed by atoms with Gasteiger partial charge in [0.25, 0.3) is 0 Å². The summed E-state index contributed by atoms with van der Waals surface area (Å²) >= 11 is 0. The molecule has 0 amide bonds. The van der Waals surface area contributed by atoms with Gasteiger partial charge in [0.05, 0.1) is 54.2 Å².